The standard InChI is InChI=1S/C28H38N2O2/c1-5-8-9-19-26(31)29(4)21-14-20-28(27(32)30(6-2)7-3)24-17-12-10-15-22(24)23-16-11-13-18-25(23)28/h10-13,15-18H,5-9,14,19-21H2,1-4H3. The number of hydrogen-bond donors (Lipinski definition) is 0. The molecular formula is C28H38N2O2. The number of carbonyl (C=O) groups is 2. The topological polar surface area (TPSA) is 40.6 Å². The van der Waals surface area contributed by atoms with E-state index in [-0.39, 0.29) is 11.8 Å². The highest BCUT2D eigenvalue weighted by atomic mass is 16.2. The van der Waals surface area contributed by atoms with E-state index < -0.39 is 5.41 Å². The van der Waals surface area contributed by atoms with Gasteiger partial charge in [0.05, 0.1) is 0 Å². The summed E-state index contributed by atoms with van der Waals surface area (Å²) in [6.45, 7) is 8.30. The van der Waals surface area contributed by atoms with E-state index in [4.69, 9.17) is 0 Å². The summed E-state index contributed by atoms with van der Waals surface area (Å²) in [5.41, 5.74) is 3.84. The van der Waals surface area contributed by atoms with Gasteiger partial charge < -0.3 is 9.80 Å². The Morgan fingerprint density at radius 1 is 0.812 bits per heavy atom. The summed E-state index contributed by atoms with van der Waals surface area (Å²) in [7, 11) is 1.89. The van der Waals surface area contributed by atoms with Crippen molar-refractivity contribution in [3.63, 3.8) is 0 Å². The number of carbonyl (C=O) groups excluding carboxylic acids is 2. The van der Waals surface area contributed by atoms with Gasteiger partial charge in [0.1, 0.15) is 5.41 Å². The normalized spacial score (nSPS) is 13.4. The van der Waals surface area contributed by atoms with Gasteiger partial charge in [-0.1, -0.05) is 68.3 Å². The molecule has 2 amide bonds. The highest BCUT2D eigenvalue weighted by molar-refractivity contribution is 6.00. The van der Waals surface area contributed by atoms with Crippen LogP contribution >= 0.6 is 0 Å². The zero-order valence-electron chi connectivity index (χ0n) is 20.2. The molecule has 2 aromatic rings. The first-order chi connectivity index (χ1) is 15.5. The van der Waals surface area contributed by atoms with E-state index in [1.165, 1.54) is 0 Å². The third-order valence-electron chi connectivity index (χ3n) is 6.94. The Hall–Kier alpha value is -2.62. The highest BCUT2D eigenvalue weighted by Gasteiger charge is 2.49. The minimum atomic E-state index is -0.689. The molecule has 1 aliphatic rings. The molecule has 172 valence electrons. The van der Waals surface area contributed by atoms with Crippen molar-refractivity contribution < 1.29 is 9.59 Å². The minimum absolute atomic E-state index is 0.178. The zero-order chi connectivity index (χ0) is 23.1. The van der Waals surface area contributed by atoms with E-state index in [1.54, 1.807) is 0 Å². The minimum Gasteiger partial charge on any atom is -0.346 e. The number of benzene rings is 2. The van der Waals surface area contributed by atoms with Crippen LogP contribution in [0.4, 0.5) is 0 Å². The van der Waals surface area contributed by atoms with E-state index in [2.05, 4.69) is 43.3 Å². The first-order valence-electron chi connectivity index (χ1n) is 12.2. The fraction of sp³-hybridized carbons (Fsp3) is 0.500. The molecule has 0 heterocycles. The van der Waals surface area contributed by atoms with E-state index >= 15 is 0 Å². The molecule has 0 radical (unpaired) electrons. The van der Waals surface area contributed by atoms with Crippen molar-refractivity contribution in [2.45, 2.75) is 64.7 Å². The van der Waals surface area contributed by atoms with Crippen molar-refractivity contribution in [1.29, 1.82) is 0 Å². The Morgan fingerprint density at radius 2 is 1.38 bits per heavy atom. The molecule has 0 N–H and O–H groups in total. The van der Waals surface area contributed by atoms with Crippen LogP contribution in [0.2, 0.25) is 0 Å². The van der Waals surface area contributed by atoms with Gasteiger partial charge in [-0.2, -0.15) is 0 Å². The van der Waals surface area contributed by atoms with Crippen LogP contribution in [0.3, 0.4) is 0 Å². The Morgan fingerprint density at radius 3 is 1.91 bits per heavy atom. The van der Waals surface area contributed by atoms with Gasteiger partial charge in [0.2, 0.25) is 11.8 Å². The second-order valence-electron chi connectivity index (χ2n) is 8.85. The second kappa shape index (κ2) is 10.8. The molecule has 0 aromatic heterocycles. The summed E-state index contributed by atoms with van der Waals surface area (Å²) in [6.07, 6.45) is 5.25. The molecule has 32 heavy (non-hydrogen) atoms. The molecule has 0 aliphatic heterocycles. The molecule has 0 bridgehead atoms. The largest absolute Gasteiger partial charge is 0.346 e. The van der Waals surface area contributed by atoms with Gasteiger partial charge in [0, 0.05) is 33.1 Å². The summed E-state index contributed by atoms with van der Waals surface area (Å²) < 4.78 is 0. The summed E-state index contributed by atoms with van der Waals surface area (Å²) in [6, 6.07) is 16.7. The Kier molecular flexibility index (Phi) is 8.11. The molecule has 4 nitrogen and oxygen atoms in total. The van der Waals surface area contributed by atoms with Crippen molar-refractivity contribution in [2.24, 2.45) is 0 Å². The predicted octanol–water partition coefficient (Wildman–Crippen LogP) is 5.64. The molecule has 3 rings (SSSR count). The number of amides is 2. The lowest BCUT2D eigenvalue weighted by atomic mass is 9.73. The third-order valence-corrected chi connectivity index (χ3v) is 6.94. The summed E-state index contributed by atoms with van der Waals surface area (Å²) in [5.74, 6) is 0.381. The van der Waals surface area contributed by atoms with Gasteiger partial charge in [-0.3, -0.25) is 9.59 Å². The lowest BCUT2D eigenvalue weighted by molar-refractivity contribution is -0.135. The van der Waals surface area contributed by atoms with Crippen LogP contribution in [0.25, 0.3) is 11.1 Å². The highest BCUT2D eigenvalue weighted by Crippen LogP contribution is 2.52. The quantitative estimate of drug-likeness (QED) is 0.429. The maximum atomic E-state index is 14.1. The molecular weight excluding hydrogens is 396 g/mol. The van der Waals surface area contributed by atoms with Crippen LogP contribution in [-0.4, -0.2) is 48.3 Å². The van der Waals surface area contributed by atoms with Crippen molar-refractivity contribution in [1.82, 2.24) is 9.80 Å². The summed E-state index contributed by atoms with van der Waals surface area (Å²) >= 11 is 0. The van der Waals surface area contributed by atoms with E-state index in [0.29, 0.717) is 32.5 Å². The van der Waals surface area contributed by atoms with Crippen LogP contribution in [0, 0.1) is 0 Å². The second-order valence-corrected chi connectivity index (χ2v) is 8.85. The average molecular weight is 435 g/mol. The monoisotopic (exact) mass is 434 g/mol. The Balaban J connectivity index is 1.91. The number of likely N-dealkylation sites (N-methyl/N-ethyl adjacent to an activating group) is 1. The fourth-order valence-electron chi connectivity index (χ4n) is 5.14. The lowest BCUT2D eigenvalue weighted by Crippen LogP contribution is -2.47. The van der Waals surface area contributed by atoms with Crippen molar-refractivity contribution in [2.75, 3.05) is 26.7 Å². The molecule has 0 spiro atoms. The van der Waals surface area contributed by atoms with Gasteiger partial charge in [-0.05, 0) is 55.4 Å². The smallest absolute Gasteiger partial charge is 0.237 e. The average Bonchev–Trinajstić information content (AvgIpc) is 3.11. The van der Waals surface area contributed by atoms with E-state index in [0.717, 1.165) is 47.9 Å². The molecule has 1 aliphatic carbocycles. The van der Waals surface area contributed by atoms with Crippen LogP contribution in [0.5, 0.6) is 0 Å². The first-order valence-corrected chi connectivity index (χ1v) is 12.2. The SMILES string of the molecule is CCCCCC(=O)N(C)CCCC1(C(=O)N(CC)CC)c2ccccc2-c2ccccc21. The number of unbranched alkanes of at least 4 members (excludes halogenated alkanes) is 2. The molecule has 2 aromatic carbocycles. The molecule has 0 saturated carbocycles. The van der Waals surface area contributed by atoms with Crippen LogP contribution in [0.1, 0.15) is 70.4 Å². The van der Waals surface area contributed by atoms with Crippen LogP contribution < -0.4 is 0 Å². The van der Waals surface area contributed by atoms with Gasteiger partial charge in [-0.25, -0.2) is 0 Å². The molecule has 0 atom stereocenters. The molecule has 0 saturated heterocycles. The lowest BCUT2D eigenvalue weighted by Gasteiger charge is -2.36. The van der Waals surface area contributed by atoms with Crippen molar-refractivity contribution >= 4 is 11.8 Å². The Labute approximate surface area is 193 Å². The number of fused-ring (bicyclic) bond motifs is 3. The van der Waals surface area contributed by atoms with Gasteiger partial charge >= 0.3 is 0 Å². The van der Waals surface area contributed by atoms with Crippen LogP contribution in [-0.2, 0) is 15.0 Å². The Bertz CT molecular complexity index is 887. The van der Waals surface area contributed by atoms with Gasteiger partial charge in [0.15, 0.2) is 0 Å². The number of rotatable bonds is 11. The maximum Gasteiger partial charge on any atom is 0.237 e. The molecule has 0 unspecified atom stereocenters. The van der Waals surface area contributed by atoms with Gasteiger partial charge in [0.25, 0.3) is 0 Å². The molecule has 0 fully saturated rings. The molecule has 4 heteroatoms. The third kappa shape index (κ3) is 4.46. The summed E-state index contributed by atoms with van der Waals surface area (Å²) in [5, 5.41) is 0. The number of hydrogen-bond acceptors (Lipinski definition) is 2. The fourth-order valence-corrected chi connectivity index (χ4v) is 5.14. The van der Waals surface area contributed by atoms with Crippen LogP contribution in [0.15, 0.2) is 48.5 Å². The van der Waals surface area contributed by atoms with Gasteiger partial charge in [-0.15, -0.1) is 0 Å². The van der Waals surface area contributed by atoms with E-state index in [1.807, 2.05) is 42.8 Å². The first kappa shape index (κ1) is 24.0. The predicted molar refractivity (Wildman–Crippen MR) is 132 cm³/mol. The zero-order valence-corrected chi connectivity index (χ0v) is 20.2. The van der Waals surface area contributed by atoms with Crippen molar-refractivity contribution in [3.05, 3.63) is 59.7 Å². The number of nitrogens with zero attached hydrogens (tertiary/aromatic N) is 2. The summed E-state index contributed by atoms with van der Waals surface area (Å²) in [4.78, 5) is 30.4. The van der Waals surface area contributed by atoms with E-state index in [9.17, 15) is 9.59 Å². The van der Waals surface area contributed by atoms with Crippen molar-refractivity contribution in [3.8, 4) is 11.1 Å². The maximum absolute atomic E-state index is 14.1.